The molecule has 14 heavy (non-hydrogen) atoms. The molecule has 2 aromatic rings. The van der Waals surface area contributed by atoms with Gasteiger partial charge in [0.15, 0.2) is 0 Å². The Labute approximate surface area is 89.6 Å². The maximum absolute atomic E-state index is 7.32. The van der Waals surface area contributed by atoms with E-state index in [1.54, 1.807) is 17.4 Å². The zero-order valence-electron chi connectivity index (χ0n) is 8.82. The lowest BCUT2D eigenvalue weighted by molar-refractivity contribution is 1.49. The zero-order valence-corrected chi connectivity index (χ0v) is 9.64. The summed E-state index contributed by atoms with van der Waals surface area (Å²) < 4.78 is 1.37. The molecule has 0 saturated carbocycles. The Kier molecular flexibility index (Phi) is 7.49. The van der Waals surface area contributed by atoms with Gasteiger partial charge in [-0.25, -0.2) is 0 Å². The third-order valence-corrected chi connectivity index (χ3v) is 2.26. The molecule has 1 aromatic carbocycles. The molecule has 1 heterocycles. The minimum atomic E-state index is 1.35. The Morgan fingerprint density at radius 2 is 1.71 bits per heavy atom. The number of hydrogen-bond donors (Lipinski definition) is 0. The van der Waals surface area contributed by atoms with Crippen LogP contribution in [-0.2, 0) is 0 Å². The van der Waals surface area contributed by atoms with E-state index in [1.807, 2.05) is 13.8 Å². The van der Waals surface area contributed by atoms with Crippen molar-refractivity contribution in [1.82, 2.24) is 0 Å². The summed E-state index contributed by atoms with van der Waals surface area (Å²) in [6.45, 7) is 5.43. The number of fused-ring (bicyclic) bond motifs is 1. The summed E-state index contributed by atoms with van der Waals surface area (Å²) >= 11 is 1.79. The average molecular weight is 205 g/mol. The van der Waals surface area contributed by atoms with Gasteiger partial charge in [0.25, 0.3) is 0 Å². The van der Waals surface area contributed by atoms with Crippen LogP contribution in [0.15, 0.2) is 35.7 Å². The van der Waals surface area contributed by atoms with Crippen LogP contribution < -0.4 is 0 Å². The minimum Gasteiger partial charge on any atom is -0.199 e. The highest BCUT2D eigenvalue weighted by atomic mass is 32.1. The molecule has 0 aliphatic heterocycles. The van der Waals surface area contributed by atoms with E-state index in [2.05, 4.69) is 35.7 Å². The molecule has 74 valence electrons. The summed E-state index contributed by atoms with van der Waals surface area (Å²) in [5.74, 6) is 0. The SMILES string of the molecule is CC.CC#N.c1ccc2sccc2c1. The van der Waals surface area contributed by atoms with Gasteiger partial charge in [0.2, 0.25) is 0 Å². The molecule has 0 amide bonds. The van der Waals surface area contributed by atoms with Crippen LogP contribution in [0.5, 0.6) is 0 Å². The first-order valence-corrected chi connectivity index (χ1v) is 5.49. The maximum atomic E-state index is 7.32. The molecule has 0 radical (unpaired) electrons. The minimum absolute atomic E-state index is 1.35. The predicted octanol–water partition coefficient (Wildman–Crippen LogP) is 4.46. The normalized spacial score (nSPS) is 7.57. The van der Waals surface area contributed by atoms with Crippen LogP contribution in [0.4, 0.5) is 0 Å². The summed E-state index contributed by atoms with van der Waals surface area (Å²) in [5.41, 5.74) is 0. The predicted molar refractivity (Wildman–Crippen MR) is 64.5 cm³/mol. The van der Waals surface area contributed by atoms with E-state index in [0.717, 1.165) is 0 Å². The van der Waals surface area contributed by atoms with E-state index < -0.39 is 0 Å². The molecule has 0 bridgehead atoms. The van der Waals surface area contributed by atoms with Gasteiger partial charge in [-0.1, -0.05) is 32.0 Å². The molecule has 0 N–H and O–H groups in total. The standard InChI is InChI=1S/C8H6S.C2H3N.C2H6/c1-2-4-8-7(3-1)5-6-9-8;1-2-3;1-2/h1-6H;1H3;1-2H3. The number of benzene rings is 1. The Morgan fingerprint density at radius 3 is 2.29 bits per heavy atom. The van der Waals surface area contributed by atoms with Gasteiger partial charge in [-0.2, -0.15) is 5.26 Å². The molecule has 0 fully saturated rings. The Balaban J connectivity index is 0.000000294. The third-order valence-electron chi connectivity index (χ3n) is 1.36. The molecular weight excluding hydrogens is 190 g/mol. The van der Waals surface area contributed by atoms with Crippen LogP contribution in [0.1, 0.15) is 20.8 Å². The molecule has 0 aliphatic carbocycles. The average Bonchev–Trinajstić information content (AvgIpc) is 2.69. The molecule has 2 heteroatoms. The lowest BCUT2D eigenvalue weighted by Crippen LogP contribution is -1.56. The van der Waals surface area contributed by atoms with Gasteiger partial charge < -0.3 is 0 Å². The van der Waals surface area contributed by atoms with E-state index in [-0.39, 0.29) is 0 Å². The van der Waals surface area contributed by atoms with Crippen molar-refractivity contribution in [1.29, 1.82) is 5.26 Å². The van der Waals surface area contributed by atoms with Gasteiger partial charge in [0.05, 0.1) is 6.07 Å². The number of hydrogen-bond acceptors (Lipinski definition) is 2. The fourth-order valence-electron chi connectivity index (χ4n) is 0.906. The van der Waals surface area contributed by atoms with Gasteiger partial charge in [-0.05, 0) is 22.9 Å². The Bertz CT molecular complexity index is 354. The fraction of sp³-hybridized carbons (Fsp3) is 0.250. The van der Waals surface area contributed by atoms with Gasteiger partial charge >= 0.3 is 0 Å². The lowest BCUT2D eigenvalue weighted by Gasteiger charge is -1.82. The van der Waals surface area contributed by atoms with E-state index >= 15 is 0 Å². The van der Waals surface area contributed by atoms with Crippen molar-refractivity contribution in [3.63, 3.8) is 0 Å². The van der Waals surface area contributed by atoms with Crippen LogP contribution in [-0.4, -0.2) is 0 Å². The largest absolute Gasteiger partial charge is 0.199 e. The van der Waals surface area contributed by atoms with Crippen molar-refractivity contribution in [2.45, 2.75) is 20.8 Å². The van der Waals surface area contributed by atoms with Gasteiger partial charge in [-0.15, -0.1) is 11.3 Å². The molecule has 0 saturated heterocycles. The molecule has 0 spiro atoms. The van der Waals surface area contributed by atoms with E-state index in [1.165, 1.54) is 17.0 Å². The lowest BCUT2D eigenvalue weighted by atomic mass is 10.3. The summed E-state index contributed by atoms with van der Waals surface area (Å²) in [4.78, 5) is 0. The number of nitrogens with zero attached hydrogens (tertiary/aromatic N) is 1. The number of nitriles is 1. The highest BCUT2D eigenvalue weighted by molar-refractivity contribution is 7.17. The first kappa shape index (κ1) is 12.7. The Hall–Kier alpha value is -1.33. The van der Waals surface area contributed by atoms with Gasteiger partial charge in [-0.3, -0.25) is 0 Å². The highest BCUT2D eigenvalue weighted by Crippen LogP contribution is 2.18. The summed E-state index contributed by atoms with van der Waals surface area (Å²) in [5, 5.41) is 10.8. The van der Waals surface area contributed by atoms with Crippen molar-refractivity contribution in [2.75, 3.05) is 0 Å². The first-order valence-electron chi connectivity index (χ1n) is 4.61. The number of thiophene rings is 1. The molecule has 0 aliphatic rings. The fourth-order valence-corrected chi connectivity index (χ4v) is 1.70. The maximum Gasteiger partial charge on any atom is 0.0587 e. The number of rotatable bonds is 0. The zero-order chi connectivity index (χ0) is 10.8. The van der Waals surface area contributed by atoms with E-state index in [0.29, 0.717) is 0 Å². The third kappa shape index (κ3) is 4.06. The van der Waals surface area contributed by atoms with Gasteiger partial charge in [0.1, 0.15) is 0 Å². The van der Waals surface area contributed by atoms with Crippen molar-refractivity contribution < 1.29 is 0 Å². The van der Waals surface area contributed by atoms with Crippen LogP contribution in [0.25, 0.3) is 10.1 Å². The molecule has 2 rings (SSSR count). The second-order valence-corrected chi connectivity index (χ2v) is 3.13. The van der Waals surface area contributed by atoms with Crippen molar-refractivity contribution >= 4 is 21.4 Å². The highest BCUT2D eigenvalue weighted by Gasteiger charge is 1.87. The smallest absolute Gasteiger partial charge is 0.0587 e. The van der Waals surface area contributed by atoms with Crippen molar-refractivity contribution in [3.05, 3.63) is 35.7 Å². The first-order chi connectivity index (χ1) is 6.88. The second kappa shape index (κ2) is 8.28. The summed E-state index contributed by atoms with van der Waals surface area (Å²) in [6, 6.07) is 12.3. The summed E-state index contributed by atoms with van der Waals surface area (Å²) in [7, 11) is 0. The van der Waals surface area contributed by atoms with E-state index in [4.69, 9.17) is 5.26 Å². The molecule has 0 unspecified atom stereocenters. The second-order valence-electron chi connectivity index (χ2n) is 2.18. The molecule has 1 nitrogen and oxygen atoms in total. The van der Waals surface area contributed by atoms with Crippen molar-refractivity contribution in [3.8, 4) is 6.07 Å². The van der Waals surface area contributed by atoms with Crippen LogP contribution in [0.2, 0.25) is 0 Å². The summed E-state index contributed by atoms with van der Waals surface area (Å²) in [6.07, 6.45) is 0. The quantitative estimate of drug-likeness (QED) is 0.623. The molecule has 1 aromatic heterocycles. The molecular formula is C12H15NS. The monoisotopic (exact) mass is 205 g/mol. The Morgan fingerprint density at radius 1 is 1.14 bits per heavy atom. The van der Waals surface area contributed by atoms with E-state index in [9.17, 15) is 0 Å². The van der Waals surface area contributed by atoms with Crippen LogP contribution >= 0.6 is 11.3 Å². The van der Waals surface area contributed by atoms with Crippen LogP contribution in [0, 0.1) is 11.3 Å². The van der Waals surface area contributed by atoms with Crippen LogP contribution in [0.3, 0.4) is 0 Å². The molecule has 0 atom stereocenters. The van der Waals surface area contributed by atoms with Gasteiger partial charge in [0, 0.05) is 11.6 Å². The van der Waals surface area contributed by atoms with Crippen molar-refractivity contribution in [2.24, 2.45) is 0 Å². The topological polar surface area (TPSA) is 23.8 Å².